The molecule has 3 N–H and O–H groups in total. The highest BCUT2D eigenvalue weighted by Gasteiger charge is 2.36. The van der Waals surface area contributed by atoms with Crippen molar-refractivity contribution < 1.29 is 19.1 Å². The molecule has 4 amide bonds. The second-order valence-corrected chi connectivity index (χ2v) is 8.73. The Morgan fingerprint density at radius 2 is 1.74 bits per heavy atom. The minimum Gasteiger partial charge on any atom is -0.463 e. The number of benzene rings is 2. The van der Waals surface area contributed by atoms with Crippen molar-refractivity contribution in [1.29, 1.82) is 0 Å². The SMILES string of the molecule is CCCN1C(=O)NC(c2cccc(NC(=O)Nc3ccc(C(C)C)cc3)c2)C(C(=O)OCC)=C1C. The highest BCUT2D eigenvalue weighted by atomic mass is 16.5. The number of carbonyl (C=O) groups is 3. The molecule has 2 aromatic rings. The highest BCUT2D eigenvalue weighted by molar-refractivity contribution is 6.00. The Balaban J connectivity index is 1.82. The van der Waals surface area contributed by atoms with Gasteiger partial charge in [-0.2, -0.15) is 0 Å². The number of anilines is 2. The zero-order valence-corrected chi connectivity index (χ0v) is 21.0. The molecular weight excluding hydrogens is 444 g/mol. The van der Waals surface area contributed by atoms with Crippen molar-refractivity contribution in [2.24, 2.45) is 0 Å². The summed E-state index contributed by atoms with van der Waals surface area (Å²) in [5.74, 6) is -0.0656. The van der Waals surface area contributed by atoms with Crippen LogP contribution < -0.4 is 16.0 Å². The molecule has 0 radical (unpaired) electrons. The van der Waals surface area contributed by atoms with E-state index in [4.69, 9.17) is 4.74 Å². The van der Waals surface area contributed by atoms with E-state index in [1.165, 1.54) is 5.56 Å². The summed E-state index contributed by atoms with van der Waals surface area (Å²) in [6.07, 6.45) is 0.750. The molecule has 186 valence electrons. The third-order valence-electron chi connectivity index (χ3n) is 5.85. The van der Waals surface area contributed by atoms with Gasteiger partial charge in [-0.1, -0.05) is 45.0 Å². The summed E-state index contributed by atoms with van der Waals surface area (Å²) >= 11 is 0. The van der Waals surface area contributed by atoms with Crippen LogP contribution in [0.4, 0.5) is 21.0 Å². The second-order valence-electron chi connectivity index (χ2n) is 8.73. The van der Waals surface area contributed by atoms with Crippen molar-refractivity contribution in [2.45, 2.75) is 53.0 Å². The smallest absolute Gasteiger partial charge is 0.338 e. The van der Waals surface area contributed by atoms with Crippen LogP contribution in [0.1, 0.15) is 64.1 Å². The molecule has 1 atom stereocenters. The van der Waals surface area contributed by atoms with E-state index in [1.807, 2.05) is 31.2 Å². The van der Waals surface area contributed by atoms with Gasteiger partial charge in [-0.05, 0) is 61.6 Å². The molecule has 0 spiro atoms. The molecule has 8 nitrogen and oxygen atoms in total. The number of hydrogen-bond acceptors (Lipinski definition) is 4. The lowest BCUT2D eigenvalue weighted by molar-refractivity contribution is -0.139. The zero-order valence-electron chi connectivity index (χ0n) is 21.0. The third kappa shape index (κ3) is 6.20. The number of nitrogens with one attached hydrogen (secondary N) is 3. The maximum absolute atomic E-state index is 12.8. The molecule has 0 bridgehead atoms. The van der Waals surface area contributed by atoms with Gasteiger partial charge in [0.2, 0.25) is 0 Å². The Morgan fingerprint density at radius 3 is 2.37 bits per heavy atom. The third-order valence-corrected chi connectivity index (χ3v) is 5.85. The molecule has 0 saturated heterocycles. The number of esters is 1. The summed E-state index contributed by atoms with van der Waals surface area (Å²) in [6, 6.07) is 13.4. The van der Waals surface area contributed by atoms with Gasteiger partial charge in [0, 0.05) is 23.6 Å². The summed E-state index contributed by atoms with van der Waals surface area (Å²) in [4.78, 5) is 39.8. The lowest BCUT2D eigenvalue weighted by atomic mass is 9.94. The predicted molar refractivity (Wildman–Crippen MR) is 137 cm³/mol. The molecule has 35 heavy (non-hydrogen) atoms. The average Bonchev–Trinajstić information content (AvgIpc) is 2.82. The second kappa shape index (κ2) is 11.6. The molecule has 1 heterocycles. The fourth-order valence-corrected chi connectivity index (χ4v) is 4.04. The van der Waals surface area contributed by atoms with E-state index in [0.717, 1.165) is 6.42 Å². The van der Waals surface area contributed by atoms with Crippen LogP contribution in [-0.2, 0) is 9.53 Å². The number of carbonyl (C=O) groups excluding carboxylic acids is 3. The molecule has 1 aliphatic heterocycles. The van der Waals surface area contributed by atoms with Crippen LogP contribution in [-0.4, -0.2) is 36.1 Å². The Labute approximate surface area is 206 Å². The Kier molecular flexibility index (Phi) is 8.52. The fourth-order valence-electron chi connectivity index (χ4n) is 4.04. The molecule has 8 heteroatoms. The van der Waals surface area contributed by atoms with Crippen molar-refractivity contribution in [2.75, 3.05) is 23.8 Å². The van der Waals surface area contributed by atoms with Crippen molar-refractivity contribution in [3.8, 4) is 0 Å². The summed E-state index contributed by atoms with van der Waals surface area (Å²) in [6.45, 7) is 10.4. The summed E-state index contributed by atoms with van der Waals surface area (Å²) < 4.78 is 5.29. The number of hydrogen-bond donors (Lipinski definition) is 3. The van der Waals surface area contributed by atoms with Gasteiger partial charge in [0.15, 0.2) is 0 Å². The van der Waals surface area contributed by atoms with E-state index in [9.17, 15) is 14.4 Å². The van der Waals surface area contributed by atoms with E-state index in [0.29, 0.717) is 40.7 Å². The summed E-state index contributed by atoms with van der Waals surface area (Å²) in [5.41, 5.74) is 4.02. The Bertz CT molecular complexity index is 1110. The highest BCUT2D eigenvalue weighted by Crippen LogP contribution is 2.32. The molecule has 2 aromatic carbocycles. The minimum absolute atomic E-state index is 0.226. The average molecular weight is 479 g/mol. The van der Waals surface area contributed by atoms with Gasteiger partial charge in [-0.15, -0.1) is 0 Å². The van der Waals surface area contributed by atoms with Gasteiger partial charge in [-0.25, -0.2) is 14.4 Å². The van der Waals surface area contributed by atoms with E-state index in [2.05, 4.69) is 29.8 Å². The standard InChI is InChI=1S/C27H34N4O4/c1-6-15-31-18(5)23(25(32)35-7-2)24(30-27(31)34)20-9-8-10-22(16-20)29-26(33)28-21-13-11-19(12-14-21)17(3)4/h8-14,16-17,24H,6-7,15H2,1-5H3,(H,30,34)(H2,28,29,33). The molecule has 0 aliphatic carbocycles. The predicted octanol–water partition coefficient (Wildman–Crippen LogP) is 5.77. The minimum atomic E-state index is -0.692. The van der Waals surface area contributed by atoms with E-state index < -0.39 is 18.0 Å². The van der Waals surface area contributed by atoms with Crippen LogP contribution in [0.25, 0.3) is 0 Å². The van der Waals surface area contributed by atoms with Gasteiger partial charge in [0.1, 0.15) is 0 Å². The van der Waals surface area contributed by atoms with Gasteiger partial charge < -0.3 is 20.7 Å². The van der Waals surface area contributed by atoms with Crippen LogP contribution >= 0.6 is 0 Å². The Morgan fingerprint density at radius 1 is 1.06 bits per heavy atom. The number of urea groups is 2. The first kappa shape index (κ1) is 25.8. The fraction of sp³-hybridized carbons (Fsp3) is 0.370. The van der Waals surface area contributed by atoms with Gasteiger partial charge in [-0.3, -0.25) is 4.90 Å². The number of amides is 4. The molecule has 1 unspecified atom stereocenters. The molecule has 1 aliphatic rings. The molecular formula is C27H34N4O4. The van der Waals surface area contributed by atoms with Crippen LogP contribution in [0.3, 0.4) is 0 Å². The maximum Gasteiger partial charge on any atom is 0.338 e. The van der Waals surface area contributed by atoms with Crippen LogP contribution in [0, 0.1) is 0 Å². The molecule has 0 fully saturated rings. The number of ether oxygens (including phenoxy) is 1. The first-order chi connectivity index (χ1) is 16.7. The lowest BCUT2D eigenvalue weighted by Gasteiger charge is -2.35. The van der Waals surface area contributed by atoms with Gasteiger partial charge in [0.25, 0.3) is 0 Å². The number of allylic oxidation sites excluding steroid dienone is 1. The summed E-state index contributed by atoms with van der Waals surface area (Å²) in [5, 5.41) is 8.57. The quantitative estimate of drug-likeness (QED) is 0.420. The van der Waals surface area contributed by atoms with Crippen LogP contribution in [0.2, 0.25) is 0 Å². The number of rotatable bonds is 8. The van der Waals surface area contributed by atoms with Gasteiger partial charge in [0.05, 0.1) is 18.2 Å². The molecule has 3 rings (SSSR count). The first-order valence-corrected chi connectivity index (χ1v) is 12.0. The zero-order chi connectivity index (χ0) is 25.5. The number of nitrogens with zero attached hydrogens (tertiary/aromatic N) is 1. The topological polar surface area (TPSA) is 99.8 Å². The van der Waals surface area contributed by atoms with E-state index in [1.54, 1.807) is 43.0 Å². The van der Waals surface area contributed by atoms with Crippen LogP contribution in [0.5, 0.6) is 0 Å². The van der Waals surface area contributed by atoms with Crippen molar-refractivity contribution in [3.63, 3.8) is 0 Å². The van der Waals surface area contributed by atoms with Crippen molar-refractivity contribution in [1.82, 2.24) is 10.2 Å². The lowest BCUT2D eigenvalue weighted by Crippen LogP contribution is -2.48. The maximum atomic E-state index is 12.8. The largest absolute Gasteiger partial charge is 0.463 e. The van der Waals surface area contributed by atoms with Crippen LogP contribution in [0.15, 0.2) is 59.8 Å². The Hall–Kier alpha value is -3.81. The first-order valence-electron chi connectivity index (χ1n) is 12.0. The van der Waals surface area contributed by atoms with Crippen molar-refractivity contribution >= 4 is 29.4 Å². The monoisotopic (exact) mass is 478 g/mol. The summed E-state index contributed by atoms with van der Waals surface area (Å²) in [7, 11) is 0. The van der Waals surface area contributed by atoms with E-state index in [-0.39, 0.29) is 12.6 Å². The van der Waals surface area contributed by atoms with E-state index >= 15 is 0 Å². The van der Waals surface area contributed by atoms with Gasteiger partial charge >= 0.3 is 18.0 Å². The molecule has 0 saturated carbocycles. The van der Waals surface area contributed by atoms with Crippen molar-refractivity contribution in [3.05, 3.63) is 70.9 Å². The molecule has 0 aromatic heterocycles. The normalized spacial score (nSPS) is 15.7.